The number of benzene rings is 1. The van der Waals surface area contributed by atoms with E-state index in [2.05, 4.69) is 72.2 Å². The monoisotopic (exact) mass is 328 g/mol. The first-order valence-corrected chi connectivity index (χ1v) is 7.55. The Balaban J connectivity index is 2.87. The molecule has 108 valence electrons. The molecule has 1 N–H and O–H groups in total. The molecule has 1 aromatic carbocycles. The SMILES string of the molecule is CCNC(C)c1ccc(N(C)C(C)COC)cc1Br. The molecular weight excluding hydrogens is 304 g/mol. The molecule has 0 spiro atoms. The van der Waals surface area contributed by atoms with Crippen LogP contribution in [0.1, 0.15) is 32.4 Å². The van der Waals surface area contributed by atoms with Crippen LogP contribution in [-0.2, 0) is 4.74 Å². The van der Waals surface area contributed by atoms with Gasteiger partial charge in [-0.2, -0.15) is 0 Å². The van der Waals surface area contributed by atoms with Crippen LogP contribution in [-0.4, -0.2) is 33.4 Å². The molecule has 0 radical (unpaired) electrons. The van der Waals surface area contributed by atoms with E-state index >= 15 is 0 Å². The molecule has 0 saturated heterocycles. The molecule has 2 unspecified atom stereocenters. The smallest absolute Gasteiger partial charge is 0.0663 e. The summed E-state index contributed by atoms with van der Waals surface area (Å²) in [5.74, 6) is 0. The second-order valence-electron chi connectivity index (χ2n) is 4.90. The third kappa shape index (κ3) is 4.48. The van der Waals surface area contributed by atoms with Gasteiger partial charge in [0.15, 0.2) is 0 Å². The molecular formula is C15H25BrN2O. The van der Waals surface area contributed by atoms with Crippen molar-refractivity contribution in [2.75, 3.05) is 32.2 Å². The lowest BCUT2D eigenvalue weighted by Crippen LogP contribution is -2.32. The van der Waals surface area contributed by atoms with Crippen molar-refractivity contribution in [3.05, 3.63) is 28.2 Å². The minimum absolute atomic E-state index is 0.356. The summed E-state index contributed by atoms with van der Waals surface area (Å²) in [5, 5.41) is 3.43. The maximum Gasteiger partial charge on any atom is 0.0663 e. The molecule has 0 aliphatic carbocycles. The topological polar surface area (TPSA) is 24.5 Å². The minimum atomic E-state index is 0.356. The van der Waals surface area contributed by atoms with Crippen molar-refractivity contribution in [3.63, 3.8) is 0 Å². The lowest BCUT2D eigenvalue weighted by Gasteiger charge is -2.27. The lowest BCUT2D eigenvalue weighted by atomic mass is 10.1. The fourth-order valence-corrected chi connectivity index (χ4v) is 2.82. The molecule has 3 nitrogen and oxygen atoms in total. The van der Waals surface area contributed by atoms with E-state index in [1.54, 1.807) is 7.11 Å². The highest BCUT2D eigenvalue weighted by Crippen LogP contribution is 2.28. The van der Waals surface area contributed by atoms with Crippen molar-refractivity contribution in [3.8, 4) is 0 Å². The third-order valence-electron chi connectivity index (χ3n) is 3.44. The van der Waals surface area contributed by atoms with Gasteiger partial charge in [0, 0.05) is 36.4 Å². The van der Waals surface area contributed by atoms with E-state index in [-0.39, 0.29) is 0 Å². The number of rotatable bonds is 7. The van der Waals surface area contributed by atoms with Gasteiger partial charge in [0.2, 0.25) is 0 Å². The summed E-state index contributed by atoms with van der Waals surface area (Å²) >= 11 is 3.68. The summed E-state index contributed by atoms with van der Waals surface area (Å²) in [4.78, 5) is 2.23. The first-order valence-electron chi connectivity index (χ1n) is 6.75. The van der Waals surface area contributed by atoms with Gasteiger partial charge >= 0.3 is 0 Å². The molecule has 0 fully saturated rings. The highest BCUT2D eigenvalue weighted by atomic mass is 79.9. The lowest BCUT2D eigenvalue weighted by molar-refractivity contribution is 0.183. The Bertz CT molecular complexity index is 398. The number of nitrogens with one attached hydrogen (secondary N) is 1. The Morgan fingerprint density at radius 1 is 1.37 bits per heavy atom. The van der Waals surface area contributed by atoms with Crippen molar-refractivity contribution in [1.82, 2.24) is 5.32 Å². The first-order chi connectivity index (χ1) is 9.01. The number of hydrogen-bond acceptors (Lipinski definition) is 3. The number of halogens is 1. The normalized spacial score (nSPS) is 14.2. The Kier molecular flexibility index (Phi) is 6.83. The molecule has 0 bridgehead atoms. The van der Waals surface area contributed by atoms with Gasteiger partial charge in [0.25, 0.3) is 0 Å². The summed E-state index contributed by atoms with van der Waals surface area (Å²) in [7, 11) is 3.83. The van der Waals surface area contributed by atoms with E-state index < -0.39 is 0 Å². The summed E-state index contributed by atoms with van der Waals surface area (Å²) in [6.07, 6.45) is 0. The van der Waals surface area contributed by atoms with Crippen LogP contribution in [0.4, 0.5) is 5.69 Å². The van der Waals surface area contributed by atoms with Crippen LogP contribution >= 0.6 is 15.9 Å². The van der Waals surface area contributed by atoms with Crippen molar-refractivity contribution >= 4 is 21.6 Å². The van der Waals surface area contributed by atoms with Gasteiger partial charge < -0.3 is 15.0 Å². The zero-order chi connectivity index (χ0) is 14.4. The van der Waals surface area contributed by atoms with Crippen molar-refractivity contribution in [2.24, 2.45) is 0 Å². The van der Waals surface area contributed by atoms with E-state index in [1.807, 2.05) is 0 Å². The quantitative estimate of drug-likeness (QED) is 0.827. The molecule has 0 amide bonds. The Labute approximate surface area is 125 Å². The second kappa shape index (κ2) is 7.88. The maximum atomic E-state index is 5.21. The van der Waals surface area contributed by atoms with Crippen LogP contribution in [0.5, 0.6) is 0 Å². The molecule has 0 aliphatic rings. The largest absolute Gasteiger partial charge is 0.383 e. The highest BCUT2D eigenvalue weighted by molar-refractivity contribution is 9.10. The van der Waals surface area contributed by atoms with E-state index in [1.165, 1.54) is 11.3 Å². The zero-order valence-corrected chi connectivity index (χ0v) is 14.1. The van der Waals surface area contributed by atoms with Gasteiger partial charge in [-0.15, -0.1) is 0 Å². The molecule has 0 aromatic heterocycles. The predicted octanol–water partition coefficient (Wildman–Crippen LogP) is 3.59. The third-order valence-corrected chi connectivity index (χ3v) is 4.12. The molecule has 2 atom stereocenters. The fourth-order valence-electron chi connectivity index (χ4n) is 2.11. The molecule has 1 aromatic rings. The summed E-state index contributed by atoms with van der Waals surface area (Å²) in [6.45, 7) is 8.16. The van der Waals surface area contributed by atoms with Crippen LogP contribution in [0.3, 0.4) is 0 Å². The van der Waals surface area contributed by atoms with Gasteiger partial charge in [0.05, 0.1) is 6.61 Å². The molecule has 0 aliphatic heterocycles. The molecule has 4 heteroatoms. The van der Waals surface area contributed by atoms with E-state index in [0.29, 0.717) is 12.1 Å². The van der Waals surface area contributed by atoms with Gasteiger partial charge in [-0.05, 0) is 38.1 Å². The van der Waals surface area contributed by atoms with Crippen LogP contribution < -0.4 is 10.2 Å². The number of nitrogens with zero attached hydrogens (tertiary/aromatic N) is 1. The van der Waals surface area contributed by atoms with Crippen LogP contribution in [0.15, 0.2) is 22.7 Å². The van der Waals surface area contributed by atoms with Crippen LogP contribution in [0.2, 0.25) is 0 Å². The number of anilines is 1. The fraction of sp³-hybridized carbons (Fsp3) is 0.600. The Morgan fingerprint density at radius 2 is 2.05 bits per heavy atom. The van der Waals surface area contributed by atoms with Crippen LogP contribution in [0, 0.1) is 0 Å². The summed E-state index contributed by atoms with van der Waals surface area (Å²) in [6, 6.07) is 7.24. The summed E-state index contributed by atoms with van der Waals surface area (Å²) in [5.41, 5.74) is 2.49. The number of methoxy groups -OCH3 is 1. The molecule has 19 heavy (non-hydrogen) atoms. The second-order valence-corrected chi connectivity index (χ2v) is 5.75. The number of likely N-dealkylation sites (N-methyl/N-ethyl adjacent to an activating group) is 1. The van der Waals surface area contributed by atoms with Crippen molar-refractivity contribution in [1.29, 1.82) is 0 Å². The Morgan fingerprint density at radius 3 is 2.58 bits per heavy atom. The average molecular weight is 329 g/mol. The number of hydrogen-bond donors (Lipinski definition) is 1. The van der Waals surface area contributed by atoms with Crippen LogP contribution in [0.25, 0.3) is 0 Å². The van der Waals surface area contributed by atoms with E-state index in [4.69, 9.17) is 4.74 Å². The molecule has 1 rings (SSSR count). The highest BCUT2D eigenvalue weighted by Gasteiger charge is 2.13. The zero-order valence-electron chi connectivity index (χ0n) is 12.5. The minimum Gasteiger partial charge on any atom is -0.383 e. The van der Waals surface area contributed by atoms with E-state index in [0.717, 1.165) is 17.6 Å². The van der Waals surface area contributed by atoms with Gasteiger partial charge in [0.1, 0.15) is 0 Å². The maximum absolute atomic E-state index is 5.21. The van der Waals surface area contributed by atoms with Gasteiger partial charge in [-0.25, -0.2) is 0 Å². The molecule has 0 saturated carbocycles. The number of ether oxygens (including phenoxy) is 1. The van der Waals surface area contributed by atoms with Crippen molar-refractivity contribution < 1.29 is 4.74 Å². The van der Waals surface area contributed by atoms with E-state index in [9.17, 15) is 0 Å². The average Bonchev–Trinajstić information content (AvgIpc) is 2.38. The predicted molar refractivity (Wildman–Crippen MR) is 86.0 cm³/mol. The standard InChI is InChI=1S/C15H25BrN2O/c1-6-17-12(3)14-8-7-13(9-15(14)16)18(4)11(2)10-19-5/h7-9,11-12,17H,6,10H2,1-5H3. The summed E-state index contributed by atoms with van der Waals surface area (Å²) < 4.78 is 6.36. The van der Waals surface area contributed by atoms with Crippen molar-refractivity contribution in [2.45, 2.75) is 32.9 Å². The van der Waals surface area contributed by atoms with Gasteiger partial charge in [-0.3, -0.25) is 0 Å². The van der Waals surface area contributed by atoms with Gasteiger partial charge in [-0.1, -0.05) is 28.9 Å². The first kappa shape index (κ1) is 16.5. The molecule has 0 heterocycles. The Hall–Kier alpha value is -0.580.